The Morgan fingerprint density at radius 1 is 1.05 bits per heavy atom. The fourth-order valence-electron chi connectivity index (χ4n) is 2.67. The first kappa shape index (κ1) is 16.1. The first-order chi connectivity index (χ1) is 10.5. The van der Waals surface area contributed by atoms with E-state index in [0.29, 0.717) is 11.3 Å². The summed E-state index contributed by atoms with van der Waals surface area (Å²) in [4.78, 5) is 14.7. The molecule has 0 spiro atoms. The van der Waals surface area contributed by atoms with Gasteiger partial charge in [0.05, 0.1) is 5.56 Å². The van der Waals surface area contributed by atoms with E-state index >= 15 is 0 Å². The van der Waals surface area contributed by atoms with Gasteiger partial charge in [-0.2, -0.15) is 0 Å². The molecular formula is C18H24N2O2. The normalized spacial score (nSPS) is 10.6. The maximum absolute atomic E-state index is 12.4. The summed E-state index contributed by atoms with van der Waals surface area (Å²) in [5, 5.41) is 2.94. The van der Waals surface area contributed by atoms with Gasteiger partial charge in [-0.1, -0.05) is 0 Å². The van der Waals surface area contributed by atoms with Crippen molar-refractivity contribution in [2.24, 2.45) is 0 Å². The van der Waals surface area contributed by atoms with Crippen molar-refractivity contribution < 1.29 is 9.21 Å². The number of furan rings is 1. The summed E-state index contributed by atoms with van der Waals surface area (Å²) >= 11 is 0. The van der Waals surface area contributed by atoms with Gasteiger partial charge in [-0.25, -0.2) is 0 Å². The molecule has 22 heavy (non-hydrogen) atoms. The van der Waals surface area contributed by atoms with Crippen molar-refractivity contribution >= 4 is 17.3 Å². The van der Waals surface area contributed by atoms with Crippen molar-refractivity contribution in [1.82, 2.24) is 0 Å². The highest BCUT2D eigenvalue weighted by atomic mass is 16.3. The van der Waals surface area contributed by atoms with Crippen LogP contribution in [0.25, 0.3) is 0 Å². The summed E-state index contributed by atoms with van der Waals surface area (Å²) < 4.78 is 5.52. The fourth-order valence-corrected chi connectivity index (χ4v) is 2.67. The van der Waals surface area contributed by atoms with Gasteiger partial charge in [-0.15, -0.1) is 0 Å². The summed E-state index contributed by atoms with van der Waals surface area (Å²) in [6.07, 6.45) is 0. The van der Waals surface area contributed by atoms with Crippen LogP contribution in [0.3, 0.4) is 0 Å². The van der Waals surface area contributed by atoms with Gasteiger partial charge < -0.3 is 14.6 Å². The zero-order valence-electron chi connectivity index (χ0n) is 14.0. The lowest BCUT2D eigenvalue weighted by atomic mass is 10.1. The van der Waals surface area contributed by atoms with Crippen LogP contribution in [0.2, 0.25) is 0 Å². The highest BCUT2D eigenvalue weighted by Crippen LogP contribution is 2.23. The maximum atomic E-state index is 12.4. The number of nitrogens with one attached hydrogen (secondary N) is 1. The molecule has 0 atom stereocenters. The van der Waals surface area contributed by atoms with Crippen molar-refractivity contribution in [1.29, 1.82) is 0 Å². The lowest BCUT2D eigenvalue weighted by molar-refractivity contribution is 0.102. The minimum atomic E-state index is -0.123. The first-order valence-corrected chi connectivity index (χ1v) is 7.70. The van der Waals surface area contributed by atoms with Gasteiger partial charge in [0.2, 0.25) is 0 Å². The summed E-state index contributed by atoms with van der Waals surface area (Å²) in [6, 6.07) is 7.93. The average Bonchev–Trinajstić information content (AvgIpc) is 2.75. The molecule has 1 N–H and O–H groups in total. The molecule has 1 heterocycles. The van der Waals surface area contributed by atoms with Crippen LogP contribution < -0.4 is 10.2 Å². The van der Waals surface area contributed by atoms with E-state index in [2.05, 4.69) is 24.1 Å². The maximum Gasteiger partial charge on any atom is 0.259 e. The van der Waals surface area contributed by atoms with Crippen LogP contribution in [0, 0.1) is 20.8 Å². The Kier molecular flexibility index (Phi) is 4.91. The van der Waals surface area contributed by atoms with Crippen LogP contribution in [0.1, 0.15) is 41.3 Å². The van der Waals surface area contributed by atoms with Crippen LogP contribution in [-0.4, -0.2) is 19.0 Å². The highest BCUT2D eigenvalue weighted by molar-refractivity contribution is 6.06. The molecule has 0 radical (unpaired) electrons. The number of hydrogen-bond donors (Lipinski definition) is 1. The smallest absolute Gasteiger partial charge is 0.259 e. The Hall–Kier alpha value is -2.23. The third-order valence-electron chi connectivity index (χ3n) is 4.04. The minimum Gasteiger partial charge on any atom is -0.466 e. The van der Waals surface area contributed by atoms with Gasteiger partial charge in [0.15, 0.2) is 0 Å². The Balaban J connectivity index is 2.15. The predicted molar refractivity (Wildman–Crippen MR) is 90.9 cm³/mol. The van der Waals surface area contributed by atoms with Crippen molar-refractivity contribution in [2.45, 2.75) is 34.6 Å². The third kappa shape index (κ3) is 3.16. The molecule has 0 aliphatic heterocycles. The van der Waals surface area contributed by atoms with E-state index in [4.69, 9.17) is 4.42 Å². The second-order valence-electron chi connectivity index (χ2n) is 5.39. The number of anilines is 2. The number of carbonyl (C=O) groups excluding carboxylic acids is 1. The summed E-state index contributed by atoms with van der Waals surface area (Å²) in [6.45, 7) is 11.8. The number of hydrogen-bond acceptors (Lipinski definition) is 3. The van der Waals surface area contributed by atoms with E-state index in [9.17, 15) is 4.79 Å². The molecule has 2 rings (SSSR count). The molecule has 118 valence electrons. The zero-order valence-corrected chi connectivity index (χ0v) is 14.0. The predicted octanol–water partition coefficient (Wildman–Crippen LogP) is 4.30. The second kappa shape index (κ2) is 6.69. The van der Waals surface area contributed by atoms with E-state index in [1.807, 2.05) is 45.0 Å². The summed E-state index contributed by atoms with van der Waals surface area (Å²) in [5.74, 6) is 1.33. The summed E-state index contributed by atoms with van der Waals surface area (Å²) in [5.41, 5.74) is 3.48. The number of rotatable bonds is 5. The highest BCUT2D eigenvalue weighted by Gasteiger charge is 2.18. The van der Waals surface area contributed by atoms with Crippen LogP contribution in [0.15, 0.2) is 28.7 Å². The van der Waals surface area contributed by atoms with Crippen molar-refractivity contribution in [3.8, 4) is 0 Å². The van der Waals surface area contributed by atoms with Gasteiger partial charge in [0.25, 0.3) is 5.91 Å². The lowest BCUT2D eigenvalue weighted by Gasteiger charge is -2.21. The number of amides is 1. The molecule has 0 aliphatic carbocycles. The molecule has 0 saturated carbocycles. The number of benzene rings is 1. The molecule has 1 aromatic carbocycles. The van der Waals surface area contributed by atoms with Gasteiger partial charge in [0, 0.05) is 30.0 Å². The quantitative estimate of drug-likeness (QED) is 0.895. The van der Waals surface area contributed by atoms with Crippen molar-refractivity contribution in [3.05, 3.63) is 46.9 Å². The molecule has 0 aliphatic rings. The largest absolute Gasteiger partial charge is 0.466 e. The standard InChI is InChI=1S/C18H24N2O2/c1-6-20(7-2)16-10-8-15(9-11-16)19-18(21)17-12(3)13(4)22-14(17)5/h8-11H,6-7H2,1-5H3,(H,19,21). The average molecular weight is 300 g/mol. The first-order valence-electron chi connectivity index (χ1n) is 7.70. The van der Waals surface area contributed by atoms with Gasteiger partial charge >= 0.3 is 0 Å². The minimum absolute atomic E-state index is 0.123. The lowest BCUT2D eigenvalue weighted by Crippen LogP contribution is -2.21. The Morgan fingerprint density at radius 3 is 2.09 bits per heavy atom. The van der Waals surface area contributed by atoms with E-state index in [0.717, 1.165) is 35.8 Å². The van der Waals surface area contributed by atoms with Gasteiger partial charge in [-0.05, 0) is 58.9 Å². The van der Waals surface area contributed by atoms with E-state index in [1.165, 1.54) is 0 Å². The van der Waals surface area contributed by atoms with E-state index in [-0.39, 0.29) is 5.91 Å². The molecule has 4 heteroatoms. The third-order valence-corrected chi connectivity index (χ3v) is 4.04. The monoisotopic (exact) mass is 300 g/mol. The number of carbonyl (C=O) groups is 1. The zero-order chi connectivity index (χ0) is 16.3. The molecule has 0 unspecified atom stereocenters. The van der Waals surface area contributed by atoms with Gasteiger partial charge in [-0.3, -0.25) is 4.79 Å². The van der Waals surface area contributed by atoms with Crippen LogP contribution >= 0.6 is 0 Å². The second-order valence-corrected chi connectivity index (χ2v) is 5.39. The van der Waals surface area contributed by atoms with Crippen molar-refractivity contribution in [2.75, 3.05) is 23.3 Å². The molecule has 0 saturated heterocycles. The fraction of sp³-hybridized carbons (Fsp3) is 0.389. The number of aryl methyl sites for hydroxylation is 2. The van der Waals surface area contributed by atoms with Crippen LogP contribution in [0.4, 0.5) is 11.4 Å². The van der Waals surface area contributed by atoms with E-state index < -0.39 is 0 Å². The van der Waals surface area contributed by atoms with Crippen LogP contribution in [-0.2, 0) is 0 Å². The van der Waals surface area contributed by atoms with Crippen LogP contribution in [0.5, 0.6) is 0 Å². The molecule has 2 aromatic rings. The van der Waals surface area contributed by atoms with Gasteiger partial charge in [0.1, 0.15) is 11.5 Å². The Morgan fingerprint density at radius 2 is 1.64 bits per heavy atom. The van der Waals surface area contributed by atoms with E-state index in [1.54, 1.807) is 0 Å². The number of nitrogens with zero attached hydrogens (tertiary/aromatic N) is 1. The Bertz CT molecular complexity index is 652. The molecule has 1 amide bonds. The summed E-state index contributed by atoms with van der Waals surface area (Å²) in [7, 11) is 0. The molecule has 4 nitrogen and oxygen atoms in total. The molecule has 0 bridgehead atoms. The molecule has 0 fully saturated rings. The molecule has 1 aromatic heterocycles. The topological polar surface area (TPSA) is 45.5 Å². The van der Waals surface area contributed by atoms with Crippen molar-refractivity contribution in [3.63, 3.8) is 0 Å². The SMILES string of the molecule is CCN(CC)c1ccc(NC(=O)c2c(C)oc(C)c2C)cc1. The Labute approximate surface area is 132 Å². The molecular weight excluding hydrogens is 276 g/mol.